The molecule has 0 bridgehead atoms. The van der Waals surface area contributed by atoms with Gasteiger partial charge in [-0.1, -0.05) is 47.6 Å². The van der Waals surface area contributed by atoms with E-state index in [9.17, 15) is 4.79 Å². The number of carbonyl (C=O) groups excluding carboxylic acids is 1. The van der Waals surface area contributed by atoms with Crippen LogP contribution in [0.1, 0.15) is 11.4 Å². The Morgan fingerprint density at radius 1 is 1.27 bits per heavy atom. The summed E-state index contributed by atoms with van der Waals surface area (Å²) in [7, 11) is 0. The van der Waals surface area contributed by atoms with Crippen molar-refractivity contribution in [1.29, 1.82) is 0 Å². The van der Waals surface area contributed by atoms with Crippen molar-refractivity contribution in [2.75, 3.05) is 11.1 Å². The van der Waals surface area contributed by atoms with Crippen molar-refractivity contribution >= 4 is 35.0 Å². The van der Waals surface area contributed by atoms with Gasteiger partial charge in [0.05, 0.1) is 5.75 Å². The first-order valence-corrected chi connectivity index (χ1v) is 9.24. The number of aromatic nitrogens is 3. The van der Waals surface area contributed by atoms with Crippen LogP contribution in [0.3, 0.4) is 0 Å². The maximum atomic E-state index is 12.1. The molecule has 3 rings (SSSR count). The summed E-state index contributed by atoms with van der Waals surface area (Å²) in [5.41, 5.74) is 1.65. The molecule has 0 spiro atoms. The minimum Gasteiger partial charge on any atom is -0.486 e. The average Bonchev–Trinajstić information content (AvgIpc) is 3.10. The molecule has 6 nitrogen and oxygen atoms in total. The highest BCUT2D eigenvalue weighted by molar-refractivity contribution is 7.99. The van der Waals surface area contributed by atoms with Crippen LogP contribution in [0.25, 0.3) is 0 Å². The summed E-state index contributed by atoms with van der Waals surface area (Å²) >= 11 is 7.20. The SMILES string of the molecule is Cc1ccc(Cl)cc1NC(=O)CSc1n[nH]c(COc2ccccc2)n1. The molecule has 2 N–H and O–H groups in total. The van der Waals surface area contributed by atoms with Gasteiger partial charge in [0.15, 0.2) is 5.82 Å². The molecular weight excluding hydrogens is 372 g/mol. The molecule has 0 aliphatic rings. The Balaban J connectivity index is 1.48. The van der Waals surface area contributed by atoms with E-state index in [-0.39, 0.29) is 18.3 Å². The molecule has 1 heterocycles. The lowest BCUT2D eigenvalue weighted by Crippen LogP contribution is -2.14. The summed E-state index contributed by atoms with van der Waals surface area (Å²) < 4.78 is 5.60. The highest BCUT2D eigenvalue weighted by Crippen LogP contribution is 2.21. The van der Waals surface area contributed by atoms with E-state index in [0.29, 0.717) is 21.7 Å². The Labute approximate surface area is 160 Å². The van der Waals surface area contributed by atoms with Gasteiger partial charge in [0.25, 0.3) is 0 Å². The van der Waals surface area contributed by atoms with Gasteiger partial charge in [-0.25, -0.2) is 4.98 Å². The van der Waals surface area contributed by atoms with Gasteiger partial charge in [0, 0.05) is 10.7 Å². The van der Waals surface area contributed by atoms with Gasteiger partial charge in [-0.3, -0.25) is 9.89 Å². The van der Waals surface area contributed by atoms with Crippen molar-refractivity contribution in [1.82, 2.24) is 15.2 Å². The molecule has 8 heteroatoms. The highest BCUT2D eigenvalue weighted by Gasteiger charge is 2.10. The van der Waals surface area contributed by atoms with Crippen LogP contribution < -0.4 is 10.1 Å². The monoisotopic (exact) mass is 388 g/mol. The predicted octanol–water partition coefficient (Wildman–Crippen LogP) is 4.08. The summed E-state index contributed by atoms with van der Waals surface area (Å²) in [6, 6.07) is 14.8. The summed E-state index contributed by atoms with van der Waals surface area (Å²) in [6.45, 7) is 2.19. The van der Waals surface area contributed by atoms with E-state index in [1.807, 2.05) is 43.3 Å². The van der Waals surface area contributed by atoms with E-state index in [2.05, 4.69) is 20.5 Å². The van der Waals surface area contributed by atoms with E-state index < -0.39 is 0 Å². The lowest BCUT2D eigenvalue weighted by molar-refractivity contribution is -0.113. The number of amides is 1. The smallest absolute Gasteiger partial charge is 0.234 e. The number of carbonyl (C=O) groups is 1. The molecule has 0 aliphatic carbocycles. The number of nitrogens with one attached hydrogen (secondary N) is 2. The highest BCUT2D eigenvalue weighted by atomic mass is 35.5. The Kier molecular flexibility index (Phi) is 6.14. The van der Waals surface area contributed by atoms with Crippen LogP contribution in [0, 0.1) is 6.92 Å². The molecule has 0 atom stereocenters. The van der Waals surface area contributed by atoms with Crippen LogP contribution in [0.15, 0.2) is 53.7 Å². The average molecular weight is 389 g/mol. The zero-order valence-electron chi connectivity index (χ0n) is 14.0. The Morgan fingerprint density at radius 3 is 2.88 bits per heavy atom. The maximum absolute atomic E-state index is 12.1. The fourth-order valence-corrected chi connectivity index (χ4v) is 2.91. The van der Waals surface area contributed by atoms with Crippen molar-refractivity contribution in [3.05, 3.63) is 64.9 Å². The Hall–Kier alpha value is -2.51. The van der Waals surface area contributed by atoms with Gasteiger partial charge in [0.2, 0.25) is 11.1 Å². The van der Waals surface area contributed by atoms with E-state index >= 15 is 0 Å². The summed E-state index contributed by atoms with van der Waals surface area (Å²) in [5, 5.41) is 10.8. The second-order valence-electron chi connectivity index (χ2n) is 5.46. The molecule has 0 radical (unpaired) electrons. The second-order valence-corrected chi connectivity index (χ2v) is 6.84. The summed E-state index contributed by atoms with van der Waals surface area (Å²) in [5.74, 6) is 1.41. The number of thioether (sulfide) groups is 1. The van der Waals surface area contributed by atoms with Gasteiger partial charge in [-0.05, 0) is 36.8 Å². The van der Waals surface area contributed by atoms with Crippen LogP contribution in [0.5, 0.6) is 5.75 Å². The standard InChI is InChI=1S/C18H17ClN4O2S/c1-12-7-8-13(19)9-15(12)20-17(24)11-26-18-21-16(22-23-18)10-25-14-5-3-2-4-6-14/h2-9H,10-11H2,1H3,(H,20,24)(H,21,22,23). The van der Waals surface area contributed by atoms with Crippen molar-refractivity contribution < 1.29 is 9.53 Å². The third-order valence-electron chi connectivity index (χ3n) is 3.44. The number of ether oxygens (including phenoxy) is 1. The number of hydrogen-bond donors (Lipinski definition) is 2. The number of anilines is 1. The lowest BCUT2D eigenvalue weighted by atomic mass is 10.2. The van der Waals surface area contributed by atoms with Crippen LogP contribution in [0.2, 0.25) is 5.02 Å². The van der Waals surface area contributed by atoms with E-state index in [4.69, 9.17) is 16.3 Å². The predicted molar refractivity (Wildman–Crippen MR) is 103 cm³/mol. The Bertz CT molecular complexity index is 886. The molecule has 2 aromatic carbocycles. The first kappa shape index (κ1) is 18.3. The maximum Gasteiger partial charge on any atom is 0.234 e. The molecule has 0 saturated heterocycles. The summed E-state index contributed by atoms with van der Waals surface area (Å²) in [4.78, 5) is 16.4. The van der Waals surface area contributed by atoms with Crippen molar-refractivity contribution in [2.45, 2.75) is 18.7 Å². The van der Waals surface area contributed by atoms with Crippen LogP contribution in [-0.4, -0.2) is 26.8 Å². The molecule has 0 unspecified atom stereocenters. The van der Waals surface area contributed by atoms with Gasteiger partial charge in [0.1, 0.15) is 12.4 Å². The number of aromatic amines is 1. The fourth-order valence-electron chi connectivity index (χ4n) is 2.12. The third kappa shape index (κ3) is 5.24. The number of aryl methyl sites for hydroxylation is 1. The number of nitrogens with zero attached hydrogens (tertiary/aromatic N) is 2. The minimum atomic E-state index is -0.146. The zero-order chi connectivity index (χ0) is 18.4. The number of rotatable bonds is 7. The molecule has 1 amide bonds. The largest absolute Gasteiger partial charge is 0.486 e. The minimum absolute atomic E-state index is 0.146. The Morgan fingerprint density at radius 2 is 2.08 bits per heavy atom. The topological polar surface area (TPSA) is 79.9 Å². The fraction of sp³-hybridized carbons (Fsp3) is 0.167. The van der Waals surface area contributed by atoms with Crippen molar-refractivity contribution in [3.8, 4) is 5.75 Å². The van der Waals surface area contributed by atoms with Crippen LogP contribution in [0.4, 0.5) is 5.69 Å². The molecule has 26 heavy (non-hydrogen) atoms. The third-order valence-corrected chi connectivity index (χ3v) is 4.52. The summed E-state index contributed by atoms with van der Waals surface area (Å²) in [6.07, 6.45) is 0. The van der Waals surface area contributed by atoms with E-state index in [1.165, 1.54) is 11.8 Å². The van der Waals surface area contributed by atoms with E-state index in [0.717, 1.165) is 11.3 Å². The molecule has 3 aromatic rings. The molecule has 134 valence electrons. The molecule has 0 saturated carbocycles. The van der Waals surface area contributed by atoms with Crippen LogP contribution in [-0.2, 0) is 11.4 Å². The van der Waals surface area contributed by atoms with E-state index in [1.54, 1.807) is 12.1 Å². The molecule has 0 aliphatic heterocycles. The molecule has 0 fully saturated rings. The number of halogens is 1. The number of hydrogen-bond acceptors (Lipinski definition) is 5. The van der Waals surface area contributed by atoms with Crippen molar-refractivity contribution in [2.24, 2.45) is 0 Å². The van der Waals surface area contributed by atoms with Crippen molar-refractivity contribution in [3.63, 3.8) is 0 Å². The van der Waals surface area contributed by atoms with Gasteiger partial charge >= 0.3 is 0 Å². The lowest BCUT2D eigenvalue weighted by Gasteiger charge is -2.07. The van der Waals surface area contributed by atoms with Gasteiger partial charge in [-0.15, -0.1) is 5.10 Å². The quantitative estimate of drug-likeness (QED) is 0.596. The van der Waals surface area contributed by atoms with Crippen LogP contribution >= 0.6 is 23.4 Å². The first-order valence-electron chi connectivity index (χ1n) is 7.88. The number of H-pyrrole nitrogens is 1. The number of para-hydroxylation sites is 1. The first-order chi connectivity index (χ1) is 12.6. The normalized spacial score (nSPS) is 10.5. The van der Waals surface area contributed by atoms with Gasteiger partial charge < -0.3 is 10.1 Å². The molecule has 1 aromatic heterocycles. The zero-order valence-corrected chi connectivity index (χ0v) is 15.6. The molecular formula is C18H17ClN4O2S. The second kappa shape index (κ2) is 8.73. The number of benzene rings is 2. The van der Waals surface area contributed by atoms with Gasteiger partial charge in [-0.2, -0.15) is 0 Å².